The monoisotopic (exact) mass is 396 g/mol. The molecular weight excluding hydrogens is 372 g/mol. The average Bonchev–Trinajstić information content (AvgIpc) is 3.40. The molecule has 1 aliphatic heterocycles. The Hall–Kier alpha value is -2.74. The van der Waals surface area contributed by atoms with Gasteiger partial charge in [-0.25, -0.2) is 14.5 Å². The van der Waals surface area contributed by atoms with E-state index in [-0.39, 0.29) is 12.1 Å². The molecule has 28 heavy (non-hydrogen) atoms. The first-order valence-electron chi connectivity index (χ1n) is 9.54. The summed E-state index contributed by atoms with van der Waals surface area (Å²) in [6, 6.07) is 7.93. The maximum atomic E-state index is 12.7. The summed E-state index contributed by atoms with van der Waals surface area (Å²) in [6.07, 6.45) is 7.34. The van der Waals surface area contributed by atoms with Crippen molar-refractivity contribution in [2.24, 2.45) is 0 Å². The van der Waals surface area contributed by atoms with Gasteiger partial charge in [0.1, 0.15) is 0 Å². The quantitative estimate of drug-likeness (QED) is 0.730. The number of hydrogen-bond acceptors (Lipinski definition) is 5. The van der Waals surface area contributed by atoms with Gasteiger partial charge >= 0.3 is 6.03 Å². The standard InChI is InChI=1S/C20H24N6OS/c1-14-13-21-19(28-14)17-7-10-25(11-8-17)20(27)23-15(2)16-3-5-18(6-4-16)26-12-9-22-24-26/h3-6,9,12-13,15,17H,7-8,10-11H2,1-2H3,(H,23,27). The summed E-state index contributed by atoms with van der Waals surface area (Å²) >= 11 is 1.77. The molecule has 4 rings (SSSR count). The van der Waals surface area contributed by atoms with Gasteiger partial charge in [0.15, 0.2) is 0 Å². The van der Waals surface area contributed by atoms with Gasteiger partial charge in [-0.2, -0.15) is 0 Å². The number of piperidine rings is 1. The van der Waals surface area contributed by atoms with Gasteiger partial charge in [-0.3, -0.25) is 0 Å². The highest BCUT2D eigenvalue weighted by Crippen LogP contribution is 2.30. The van der Waals surface area contributed by atoms with Crippen LogP contribution in [0, 0.1) is 6.92 Å². The van der Waals surface area contributed by atoms with Crippen LogP contribution in [0.15, 0.2) is 42.9 Å². The van der Waals surface area contributed by atoms with E-state index in [4.69, 9.17) is 0 Å². The van der Waals surface area contributed by atoms with E-state index in [1.807, 2.05) is 42.3 Å². The van der Waals surface area contributed by atoms with Crippen molar-refractivity contribution in [3.63, 3.8) is 0 Å². The summed E-state index contributed by atoms with van der Waals surface area (Å²) in [4.78, 5) is 20.3. The Balaban J connectivity index is 1.31. The van der Waals surface area contributed by atoms with E-state index < -0.39 is 0 Å². The van der Waals surface area contributed by atoms with Crippen molar-refractivity contribution in [2.45, 2.75) is 38.6 Å². The molecule has 1 fully saturated rings. The van der Waals surface area contributed by atoms with Crippen LogP contribution in [-0.2, 0) is 0 Å². The van der Waals surface area contributed by atoms with Crippen LogP contribution in [0.25, 0.3) is 5.69 Å². The van der Waals surface area contributed by atoms with Crippen LogP contribution in [-0.4, -0.2) is 44.0 Å². The molecule has 3 heterocycles. The molecule has 146 valence electrons. The summed E-state index contributed by atoms with van der Waals surface area (Å²) in [5.41, 5.74) is 2.00. The molecule has 0 aliphatic carbocycles. The second-order valence-electron chi connectivity index (χ2n) is 7.18. The SMILES string of the molecule is Cc1cnc(C2CCN(C(=O)NC(C)c3ccc(-n4ccnn4)cc3)CC2)s1. The zero-order chi connectivity index (χ0) is 19.5. The fourth-order valence-electron chi connectivity index (χ4n) is 3.51. The first kappa shape index (κ1) is 18.6. The van der Waals surface area contributed by atoms with E-state index in [0.717, 1.165) is 37.2 Å². The number of carbonyl (C=O) groups excluding carboxylic acids is 1. The Kier molecular flexibility index (Phi) is 5.38. The number of rotatable bonds is 4. The lowest BCUT2D eigenvalue weighted by Crippen LogP contribution is -2.44. The number of likely N-dealkylation sites (tertiary alicyclic amines) is 1. The van der Waals surface area contributed by atoms with Crippen LogP contribution in [0.5, 0.6) is 0 Å². The Bertz CT molecular complexity index is 913. The van der Waals surface area contributed by atoms with Crippen molar-refractivity contribution >= 4 is 17.4 Å². The highest BCUT2D eigenvalue weighted by molar-refractivity contribution is 7.11. The van der Waals surface area contributed by atoms with Crippen molar-refractivity contribution in [3.8, 4) is 5.69 Å². The highest BCUT2D eigenvalue weighted by Gasteiger charge is 2.26. The van der Waals surface area contributed by atoms with E-state index in [0.29, 0.717) is 5.92 Å². The second kappa shape index (κ2) is 8.10. The first-order valence-corrected chi connectivity index (χ1v) is 10.4. The summed E-state index contributed by atoms with van der Waals surface area (Å²) in [5.74, 6) is 0.476. The lowest BCUT2D eigenvalue weighted by molar-refractivity contribution is 0.178. The summed E-state index contributed by atoms with van der Waals surface area (Å²) < 4.78 is 1.71. The molecule has 2 aromatic heterocycles. The van der Waals surface area contributed by atoms with Gasteiger partial charge in [0.05, 0.1) is 29.1 Å². The van der Waals surface area contributed by atoms with Gasteiger partial charge < -0.3 is 10.2 Å². The Morgan fingerprint density at radius 1 is 1.25 bits per heavy atom. The number of urea groups is 1. The minimum atomic E-state index is -0.0587. The molecule has 8 heteroatoms. The molecule has 7 nitrogen and oxygen atoms in total. The number of aromatic nitrogens is 4. The summed E-state index contributed by atoms with van der Waals surface area (Å²) in [7, 11) is 0. The van der Waals surface area contributed by atoms with Crippen molar-refractivity contribution in [1.82, 2.24) is 30.2 Å². The Labute approximate surface area is 168 Å². The number of nitrogens with zero attached hydrogens (tertiary/aromatic N) is 5. The topological polar surface area (TPSA) is 75.9 Å². The normalized spacial score (nSPS) is 16.1. The van der Waals surface area contributed by atoms with Crippen molar-refractivity contribution < 1.29 is 4.79 Å². The number of carbonyl (C=O) groups is 1. The number of hydrogen-bond donors (Lipinski definition) is 1. The number of nitrogens with one attached hydrogen (secondary N) is 1. The minimum absolute atomic E-state index is 0.00150. The molecule has 1 unspecified atom stereocenters. The fraction of sp³-hybridized carbons (Fsp3) is 0.400. The van der Waals surface area contributed by atoms with Gasteiger partial charge in [-0.1, -0.05) is 17.3 Å². The van der Waals surface area contributed by atoms with E-state index in [2.05, 4.69) is 27.5 Å². The third-order valence-electron chi connectivity index (χ3n) is 5.19. The number of benzene rings is 1. The van der Waals surface area contributed by atoms with Crippen LogP contribution in [0.4, 0.5) is 4.79 Å². The molecule has 1 aliphatic rings. The van der Waals surface area contributed by atoms with Crippen LogP contribution in [0.2, 0.25) is 0 Å². The Morgan fingerprint density at radius 3 is 2.61 bits per heavy atom. The molecule has 1 atom stereocenters. The van der Waals surface area contributed by atoms with Crippen LogP contribution in [0.1, 0.15) is 47.2 Å². The zero-order valence-electron chi connectivity index (χ0n) is 16.1. The van der Waals surface area contributed by atoms with Crippen LogP contribution in [0.3, 0.4) is 0 Å². The number of thiazole rings is 1. The molecule has 0 saturated carbocycles. The number of aryl methyl sites for hydroxylation is 1. The molecule has 0 spiro atoms. The van der Waals surface area contributed by atoms with Crippen molar-refractivity contribution in [2.75, 3.05) is 13.1 Å². The van der Waals surface area contributed by atoms with E-state index >= 15 is 0 Å². The maximum absolute atomic E-state index is 12.7. The van der Waals surface area contributed by atoms with Crippen LogP contribution >= 0.6 is 11.3 Å². The predicted octanol–water partition coefficient (Wildman–Crippen LogP) is 3.68. The molecule has 1 aromatic carbocycles. The van der Waals surface area contributed by atoms with Gasteiger partial charge in [0, 0.05) is 30.1 Å². The van der Waals surface area contributed by atoms with Gasteiger partial charge in [0.2, 0.25) is 0 Å². The van der Waals surface area contributed by atoms with Crippen molar-refractivity contribution in [1.29, 1.82) is 0 Å². The smallest absolute Gasteiger partial charge is 0.317 e. The molecule has 1 saturated heterocycles. The molecule has 0 radical (unpaired) electrons. The minimum Gasteiger partial charge on any atom is -0.331 e. The number of amides is 2. The van der Waals surface area contributed by atoms with E-state index in [9.17, 15) is 4.79 Å². The maximum Gasteiger partial charge on any atom is 0.317 e. The predicted molar refractivity (Wildman–Crippen MR) is 109 cm³/mol. The van der Waals surface area contributed by atoms with E-state index in [1.165, 1.54) is 9.88 Å². The molecule has 3 aromatic rings. The summed E-state index contributed by atoms with van der Waals surface area (Å²) in [5, 5.41) is 12.1. The molecular formula is C20H24N6OS. The van der Waals surface area contributed by atoms with Gasteiger partial charge in [-0.15, -0.1) is 16.4 Å². The first-order chi connectivity index (χ1) is 13.6. The third kappa shape index (κ3) is 4.06. The van der Waals surface area contributed by atoms with Gasteiger partial charge in [-0.05, 0) is 44.4 Å². The molecule has 2 amide bonds. The zero-order valence-corrected chi connectivity index (χ0v) is 16.9. The largest absolute Gasteiger partial charge is 0.331 e. The fourth-order valence-corrected chi connectivity index (χ4v) is 4.46. The lowest BCUT2D eigenvalue weighted by atomic mass is 9.98. The van der Waals surface area contributed by atoms with Crippen LogP contribution < -0.4 is 5.32 Å². The lowest BCUT2D eigenvalue weighted by Gasteiger charge is -2.32. The Morgan fingerprint density at radius 2 is 2.00 bits per heavy atom. The second-order valence-corrected chi connectivity index (χ2v) is 8.45. The highest BCUT2D eigenvalue weighted by atomic mass is 32.1. The van der Waals surface area contributed by atoms with Gasteiger partial charge in [0.25, 0.3) is 0 Å². The van der Waals surface area contributed by atoms with Crippen molar-refractivity contribution in [3.05, 3.63) is 58.3 Å². The van der Waals surface area contributed by atoms with E-state index in [1.54, 1.807) is 28.4 Å². The summed E-state index contributed by atoms with van der Waals surface area (Å²) in [6.45, 7) is 5.64. The molecule has 0 bridgehead atoms. The molecule has 1 N–H and O–H groups in total. The third-order valence-corrected chi connectivity index (χ3v) is 6.27. The average molecular weight is 397 g/mol.